The monoisotopic (exact) mass is 448 g/mol. The van der Waals surface area contributed by atoms with E-state index in [2.05, 4.69) is 5.32 Å². The number of imide groups is 2. The van der Waals surface area contributed by atoms with Gasteiger partial charge in [-0.15, -0.1) is 0 Å². The molecule has 1 saturated heterocycles. The number of nitrogens with one attached hydrogen (secondary N) is 1. The fourth-order valence-electron chi connectivity index (χ4n) is 3.19. The van der Waals surface area contributed by atoms with Crippen molar-refractivity contribution in [1.82, 2.24) is 5.32 Å². The fraction of sp³-hybridized carbons (Fsp3) is 0.0833. The Morgan fingerprint density at radius 3 is 2.39 bits per heavy atom. The van der Waals surface area contributed by atoms with Crippen molar-refractivity contribution in [1.29, 1.82) is 0 Å². The topological polar surface area (TPSA) is 106 Å². The summed E-state index contributed by atoms with van der Waals surface area (Å²) in [5.41, 5.74) is 0.844. The second-order valence-corrected chi connectivity index (χ2v) is 6.93. The van der Waals surface area contributed by atoms with Gasteiger partial charge in [0.15, 0.2) is 0 Å². The first-order valence-corrected chi connectivity index (χ1v) is 9.92. The SMILES string of the molecule is CCOC(=O)c1ccc(-c2ccc(C=C3C(=O)NC(=O)N(c4ccc(F)cc4)C3=O)o2)cc1. The number of furan rings is 1. The van der Waals surface area contributed by atoms with Gasteiger partial charge in [-0.25, -0.2) is 18.9 Å². The predicted octanol–water partition coefficient (Wildman–Crippen LogP) is 3.93. The number of ether oxygens (including phenoxy) is 1. The van der Waals surface area contributed by atoms with E-state index in [4.69, 9.17) is 9.15 Å². The van der Waals surface area contributed by atoms with Crippen molar-refractivity contribution in [2.75, 3.05) is 11.5 Å². The third-order valence-electron chi connectivity index (χ3n) is 4.78. The molecule has 0 unspecified atom stereocenters. The van der Waals surface area contributed by atoms with Crippen molar-refractivity contribution in [3.05, 3.63) is 83.4 Å². The molecule has 1 aromatic heterocycles. The van der Waals surface area contributed by atoms with Crippen LogP contribution in [0.5, 0.6) is 0 Å². The van der Waals surface area contributed by atoms with Crippen molar-refractivity contribution < 1.29 is 32.7 Å². The molecule has 1 fully saturated rings. The molecule has 3 aromatic rings. The van der Waals surface area contributed by atoms with Crippen molar-refractivity contribution in [3.8, 4) is 11.3 Å². The summed E-state index contributed by atoms with van der Waals surface area (Å²) in [6, 6.07) is 13.5. The fourth-order valence-corrected chi connectivity index (χ4v) is 3.19. The third kappa shape index (κ3) is 4.42. The van der Waals surface area contributed by atoms with Gasteiger partial charge in [-0.05, 0) is 61.5 Å². The van der Waals surface area contributed by atoms with Crippen LogP contribution in [0.2, 0.25) is 0 Å². The van der Waals surface area contributed by atoms with Crippen molar-refractivity contribution in [2.45, 2.75) is 6.92 Å². The maximum Gasteiger partial charge on any atom is 0.338 e. The molecule has 0 bridgehead atoms. The number of esters is 1. The van der Waals surface area contributed by atoms with Crippen LogP contribution in [0.15, 0.2) is 70.7 Å². The molecule has 2 heterocycles. The Balaban J connectivity index is 1.59. The molecular weight excluding hydrogens is 431 g/mol. The number of barbiturate groups is 1. The van der Waals surface area contributed by atoms with E-state index in [-0.39, 0.29) is 23.6 Å². The van der Waals surface area contributed by atoms with Crippen LogP contribution in [-0.4, -0.2) is 30.4 Å². The zero-order valence-corrected chi connectivity index (χ0v) is 17.3. The van der Waals surface area contributed by atoms with E-state index in [0.717, 1.165) is 17.0 Å². The number of hydrogen-bond acceptors (Lipinski definition) is 6. The van der Waals surface area contributed by atoms with Gasteiger partial charge >= 0.3 is 12.0 Å². The Bertz CT molecular complexity index is 1280. The highest BCUT2D eigenvalue weighted by atomic mass is 19.1. The number of urea groups is 1. The molecule has 166 valence electrons. The van der Waals surface area contributed by atoms with E-state index in [1.165, 1.54) is 18.2 Å². The molecular formula is C24H17FN2O6. The molecule has 4 amide bonds. The summed E-state index contributed by atoms with van der Waals surface area (Å²) < 4.78 is 23.9. The minimum absolute atomic E-state index is 0.110. The molecule has 1 N–H and O–H groups in total. The minimum atomic E-state index is -0.935. The molecule has 1 aliphatic heterocycles. The molecule has 0 saturated carbocycles. The number of amides is 4. The summed E-state index contributed by atoms with van der Waals surface area (Å²) in [6.45, 7) is 1.99. The number of rotatable bonds is 5. The molecule has 1 aliphatic rings. The molecule has 33 heavy (non-hydrogen) atoms. The number of anilines is 1. The van der Waals surface area contributed by atoms with E-state index >= 15 is 0 Å². The van der Waals surface area contributed by atoms with Gasteiger partial charge in [-0.1, -0.05) is 12.1 Å². The lowest BCUT2D eigenvalue weighted by atomic mass is 10.1. The van der Waals surface area contributed by atoms with E-state index in [9.17, 15) is 23.6 Å². The highest BCUT2D eigenvalue weighted by molar-refractivity contribution is 6.39. The summed E-state index contributed by atoms with van der Waals surface area (Å²) >= 11 is 0. The quantitative estimate of drug-likeness (QED) is 0.360. The standard InChI is InChI=1S/C24H17FN2O6/c1-2-32-23(30)15-5-3-14(4-6-15)20-12-11-18(33-20)13-19-21(28)26-24(31)27(22(19)29)17-9-7-16(25)8-10-17/h3-13H,2H2,1H3,(H,26,28,31). The van der Waals surface area contributed by atoms with E-state index in [0.29, 0.717) is 16.9 Å². The van der Waals surface area contributed by atoms with Gasteiger partial charge in [0.2, 0.25) is 0 Å². The Kier molecular flexibility index (Phi) is 5.86. The Labute approximate surface area is 187 Å². The summed E-state index contributed by atoms with van der Waals surface area (Å²) in [4.78, 5) is 49.9. The van der Waals surface area contributed by atoms with Gasteiger partial charge in [-0.3, -0.25) is 14.9 Å². The number of benzene rings is 2. The lowest BCUT2D eigenvalue weighted by Gasteiger charge is -2.26. The van der Waals surface area contributed by atoms with Gasteiger partial charge in [0.25, 0.3) is 11.8 Å². The highest BCUT2D eigenvalue weighted by Gasteiger charge is 2.37. The number of hydrogen-bond donors (Lipinski definition) is 1. The summed E-state index contributed by atoms with van der Waals surface area (Å²) in [6.07, 6.45) is 1.22. The Hall–Kier alpha value is -4.53. The van der Waals surface area contributed by atoms with Crippen LogP contribution in [0, 0.1) is 5.82 Å². The lowest BCUT2D eigenvalue weighted by Crippen LogP contribution is -2.54. The highest BCUT2D eigenvalue weighted by Crippen LogP contribution is 2.26. The first-order valence-electron chi connectivity index (χ1n) is 9.92. The van der Waals surface area contributed by atoms with E-state index in [1.807, 2.05) is 0 Å². The summed E-state index contributed by atoms with van der Waals surface area (Å²) in [7, 11) is 0. The minimum Gasteiger partial charge on any atom is -0.462 e. The molecule has 9 heteroatoms. The normalized spacial score (nSPS) is 15.0. The van der Waals surface area contributed by atoms with E-state index < -0.39 is 29.6 Å². The largest absolute Gasteiger partial charge is 0.462 e. The molecule has 8 nitrogen and oxygen atoms in total. The van der Waals surface area contributed by atoms with Crippen LogP contribution in [0.1, 0.15) is 23.0 Å². The first-order chi connectivity index (χ1) is 15.9. The van der Waals surface area contributed by atoms with Crippen molar-refractivity contribution in [3.63, 3.8) is 0 Å². The van der Waals surface area contributed by atoms with Crippen LogP contribution >= 0.6 is 0 Å². The van der Waals surface area contributed by atoms with E-state index in [1.54, 1.807) is 43.3 Å². The summed E-state index contributed by atoms with van der Waals surface area (Å²) in [5.74, 6) is -2.07. The zero-order valence-electron chi connectivity index (χ0n) is 17.3. The number of halogens is 1. The second-order valence-electron chi connectivity index (χ2n) is 6.93. The number of carbonyl (C=O) groups excluding carboxylic acids is 4. The zero-order chi connectivity index (χ0) is 23.5. The van der Waals surface area contributed by atoms with Crippen molar-refractivity contribution >= 4 is 35.6 Å². The van der Waals surface area contributed by atoms with Gasteiger partial charge in [0, 0.05) is 5.56 Å². The van der Waals surface area contributed by atoms with Crippen LogP contribution in [-0.2, 0) is 14.3 Å². The first kappa shape index (κ1) is 21.7. The smallest absolute Gasteiger partial charge is 0.338 e. The van der Waals surface area contributed by atoms with Gasteiger partial charge in [-0.2, -0.15) is 0 Å². The Morgan fingerprint density at radius 2 is 1.73 bits per heavy atom. The van der Waals surface area contributed by atoms with Crippen LogP contribution in [0.25, 0.3) is 17.4 Å². The van der Waals surface area contributed by atoms with Gasteiger partial charge in [0.1, 0.15) is 22.9 Å². The average Bonchev–Trinajstić information content (AvgIpc) is 3.27. The van der Waals surface area contributed by atoms with Gasteiger partial charge < -0.3 is 9.15 Å². The maximum atomic E-state index is 13.2. The maximum absolute atomic E-state index is 13.2. The van der Waals surface area contributed by atoms with Gasteiger partial charge in [0.05, 0.1) is 17.9 Å². The molecule has 0 spiro atoms. The van der Waals surface area contributed by atoms with Crippen molar-refractivity contribution in [2.24, 2.45) is 0 Å². The molecule has 2 aromatic carbocycles. The van der Waals surface area contributed by atoms with Crippen LogP contribution < -0.4 is 10.2 Å². The number of carbonyl (C=O) groups is 4. The second kappa shape index (κ2) is 8.91. The lowest BCUT2D eigenvalue weighted by molar-refractivity contribution is -0.122. The molecule has 0 atom stereocenters. The predicted molar refractivity (Wildman–Crippen MR) is 116 cm³/mol. The summed E-state index contributed by atoms with van der Waals surface area (Å²) in [5, 5.41) is 2.09. The van der Waals surface area contributed by atoms with Crippen LogP contribution in [0.4, 0.5) is 14.9 Å². The van der Waals surface area contributed by atoms with Crippen LogP contribution in [0.3, 0.4) is 0 Å². The Morgan fingerprint density at radius 1 is 1.03 bits per heavy atom. The molecule has 4 rings (SSSR count). The third-order valence-corrected chi connectivity index (χ3v) is 4.78. The molecule has 0 radical (unpaired) electrons. The molecule has 0 aliphatic carbocycles. The number of nitrogens with zero attached hydrogens (tertiary/aromatic N) is 1. The average molecular weight is 448 g/mol.